The van der Waals surface area contributed by atoms with Crippen molar-refractivity contribution in [2.45, 2.75) is 54.4 Å². The first-order valence-corrected chi connectivity index (χ1v) is 5.45. The molecule has 12 heavy (non-hydrogen) atoms. The molecule has 0 spiro atoms. The summed E-state index contributed by atoms with van der Waals surface area (Å²) >= 11 is 0. The monoisotopic (exact) mass is 170 g/mol. The van der Waals surface area contributed by atoms with Gasteiger partial charge >= 0.3 is 0 Å². The van der Waals surface area contributed by atoms with Crippen molar-refractivity contribution in [2.24, 2.45) is 23.7 Å². The van der Waals surface area contributed by atoms with E-state index in [-0.39, 0.29) is 0 Å². The van der Waals surface area contributed by atoms with Gasteiger partial charge in [-0.25, -0.2) is 0 Å². The van der Waals surface area contributed by atoms with Gasteiger partial charge in [0, 0.05) is 0 Å². The molecule has 0 N–H and O–H groups in total. The van der Waals surface area contributed by atoms with Crippen LogP contribution in [-0.2, 0) is 0 Å². The summed E-state index contributed by atoms with van der Waals surface area (Å²) in [7, 11) is 0. The zero-order valence-corrected chi connectivity index (χ0v) is 9.72. The molecular weight excluding hydrogens is 144 g/mol. The second kappa shape index (κ2) is 5.61. The van der Waals surface area contributed by atoms with E-state index < -0.39 is 0 Å². The van der Waals surface area contributed by atoms with Crippen molar-refractivity contribution in [2.75, 3.05) is 0 Å². The van der Waals surface area contributed by atoms with Gasteiger partial charge in [0.2, 0.25) is 0 Å². The number of rotatable bonds is 5. The zero-order valence-electron chi connectivity index (χ0n) is 9.72. The molecule has 0 rings (SSSR count). The predicted octanol–water partition coefficient (Wildman–Crippen LogP) is 4.35. The molecule has 0 aliphatic heterocycles. The van der Waals surface area contributed by atoms with Crippen molar-refractivity contribution in [3.05, 3.63) is 0 Å². The fourth-order valence-electron chi connectivity index (χ4n) is 1.19. The van der Waals surface area contributed by atoms with E-state index in [2.05, 4.69) is 41.5 Å². The van der Waals surface area contributed by atoms with Gasteiger partial charge in [0.25, 0.3) is 0 Å². The Bertz CT molecular complexity index is 88.6. The van der Waals surface area contributed by atoms with Gasteiger partial charge in [0.1, 0.15) is 0 Å². The van der Waals surface area contributed by atoms with Crippen molar-refractivity contribution < 1.29 is 0 Å². The molecule has 0 aliphatic carbocycles. The third-order valence-electron chi connectivity index (χ3n) is 3.35. The molecular formula is C12H26. The summed E-state index contributed by atoms with van der Waals surface area (Å²) in [6.45, 7) is 14.0. The van der Waals surface area contributed by atoms with E-state index in [1.165, 1.54) is 12.8 Å². The van der Waals surface area contributed by atoms with Crippen molar-refractivity contribution in [3.8, 4) is 0 Å². The molecule has 2 atom stereocenters. The molecule has 0 bridgehead atoms. The average molecular weight is 170 g/mol. The van der Waals surface area contributed by atoms with Crippen LogP contribution < -0.4 is 0 Å². The maximum absolute atomic E-state index is 2.37. The summed E-state index contributed by atoms with van der Waals surface area (Å²) in [6.07, 6.45) is 2.80. The minimum absolute atomic E-state index is 0.851. The highest BCUT2D eigenvalue weighted by Gasteiger charge is 2.11. The van der Waals surface area contributed by atoms with E-state index in [4.69, 9.17) is 0 Å². The van der Waals surface area contributed by atoms with E-state index >= 15 is 0 Å². The SMILES string of the molecule is CC(C)[C@H](C)CC[C@@H](C)C(C)C. The lowest BCUT2D eigenvalue weighted by molar-refractivity contribution is 0.312. The van der Waals surface area contributed by atoms with E-state index in [0.717, 1.165) is 23.7 Å². The predicted molar refractivity (Wildman–Crippen MR) is 57.2 cm³/mol. The third kappa shape index (κ3) is 4.79. The van der Waals surface area contributed by atoms with Gasteiger partial charge in [-0.2, -0.15) is 0 Å². The third-order valence-corrected chi connectivity index (χ3v) is 3.35. The zero-order chi connectivity index (χ0) is 9.72. The fraction of sp³-hybridized carbons (Fsp3) is 1.00. The number of hydrogen-bond acceptors (Lipinski definition) is 0. The highest BCUT2D eigenvalue weighted by atomic mass is 14.2. The fourth-order valence-corrected chi connectivity index (χ4v) is 1.19. The van der Waals surface area contributed by atoms with Crippen LogP contribution in [-0.4, -0.2) is 0 Å². The second-order valence-electron chi connectivity index (χ2n) is 5.02. The Balaban J connectivity index is 3.54. The first-order chi connectivity index (χ1) is 5.45. The Morgan fingerprint density at radius 1 is 0.583 bits per heavy atom. The highest BCUT2D eigenvalue weighted by Crippen LogP contribution is 2.22. The molecule has 0 fully saturated rings. The molecule has 74 valence electrons. The summed E-state index contributed by atoms with van der Waals surface area (Å²) in [5.74, 6) is 3.49. The highest BCUT2D eigenvalue weighted by molar-refractivity contribution is 4.62. The second-order valence-corrected chi connectivity index (χ2v) is 5.02. The lowest BCUT2D eigenvalue weighted by Crippen LogP contribution is -2.09. The molecule has 0 aromatic carbocycles. The average Bonchev–Trinajstić information content (AvgIpc) is 1.98. The molecule has 0 radical (unpaired) electrons. The van der Waals surface area contributed by atoms with E-state index in [0.29, 0.717) is 0 Å². The lowest BCUT2D eigenvalue weighted by atomic mass is 9.86. The molecule has 0 heteroatoms. The Morgan fingerprint density at radius 3 is 1.00 bits per heavy atom. The maximum Gasteiger partial charge on any atom is -0.0420 e. The standard InChI is InChI=1S/C12H26/c1-9(2)11(5)7-8-12(6)10(3)4/h9-12H,7-8H2,1-6H3/t11-,12-/m1/s1. The van der Waals surface area contributed by atoms with E-state index in [1.807, 2.05) is 0 Å². The van der Waals surface area contributed by atoms with Crippen molar-refractivity contribution in [3.63, 3.8) is 0 Å². The normalized spacial score (nSPS) is 17.0. The van der Waals surface area contributed by atoms with Gasteiger partial charge in [-0.05, 0) is 23.7 Å². The Kier molecular flexibility index (Phi) is 5.61. The minimum Gasteiger partial charge on any atom is -0.0625 e. The number of hydrogen-bond donors (Lipinski definition) is 0. The Labute approximate surface area is 78.8 Å². The molecule has 0 saturated carbocycles. The van der Waals surface area contributed by atoms with Crippen molar-refractivity contribution in [1.29, 1.82) is 0 Å². The van der Waals surface area contributed by atoms with Crippen LogP contribution in [0.1, 0.15) is 54.4 Å². The van der Waals surface area contributed by atoms with Gasteiger partial charge in [-0.1, -0.05) is 54.4 Å². The molecule has 0 nitrogen and oxygen atoms in total. The Morgan fingerprint density at radius 2 is 0.833 bits per heavy atom. The topological polar surface area (TPSA) is 0 Å². The molecule has 0 heterocycles. The minimum atomic E-state index is 0.851. The van der Waals surface area contributed by atoms with Crippen LogP contribution in [0, 0.1) is 23.7 Å². The van der Waals surface area contributed by atoms with Crippen LogP contribution in [0.3, 0.4) is 0 Å². The van der Waals surface area contributed by atoms with Gasteiger partial charge in [0.05, 0.1) is 0 Å². The summed E-state index contributed by atoms with van der Waals surface area (Å²) < 4.78 is 0. The summed E-state index contributed by atoms with van der Waals surface area (Å²) in [4.78, 5) is 0. The quantitative estimate of drug-likeness (QED) is 0.575. The van der Waals surface area contributed by atoms with Crippen LogP contribution in [0.25, 0.3) is 0 Å². The molecule has 0 aliphatic rings. The van der Waals surface area contributed by atoms with Crippen LogP contribution in [0.4, 0.5) is 0 Å². The lowest BCUT2D eigenvalue weighted by Gasteiger charge is -2.20. The molecule has 0 amide bonds. The van der Waals surface area contributed by atoms with Gasteiger partial charge in [0.15, 0.2) is 0 Å². The summed E-state index contributed by atoms with van der Waals surface area (Å²) in [5.41, 5.74) is 0. The van der Waals surface area contributed by atoms with Gasteiger partial charge < -0.3 is 0 Å². The van der Waals surface area contributed by atoms with Gasteiger partial charge in [-0.3, -0.25) is 0 Å². The first-order valence-electron chi connectivity index (χ1n) is 5.45. The summed E-state index contributed by atoms with van der Waals surface area (Å²) in [5, 5.41) is 0. The molecule has 0 saturated heterocycles. The molecule has 0 aromatic rings. The van der Waals surface area contributed by atoms with Crippen LogP contribution in [0.5, 0.6) is 0 Å². The van der Waals surface area contributed by atoms with Crippen molar-refractivity contribution in [1.82, 2.24) is 0 Å². The van der Waals surface area contributed by atoms with Crippen LogP contribution >= 0.6 is 0 Å². The largest absolute Gasteiger partial charge is 0.0625 e. The maximum atomic E-state index is 2.37. The van der Waals surface area contributed by atoms with E-state index in [9.17, 15) is 0 Å². The van der Waals surface area contributed by atoms with Gasteiger partial charge in [-0.15, -0.1) is 0 Å². The van der Waals surface area contributed by atoms with Crippen LogP contribution in [0.2, 0.25) is 0 Å². The Hall–Kier alpha value is 0. The van der Waals surface area contributed by atoms with Crippen molar-refractivity contribution >= 4 is 0 Å². The smallest absolute Gasteiger partial charge is 0.0420 e. The first kappa shape index (κ1) is 12.0. The molecule has 0 aromatic heterocycles. The molecule has 0 unspecified atom stereocenters. The van der Waals surface area contributed by atoms with E-state index in [1.54, 1.807) is 0 Å². The van der Waals surface area contributed by atoms with Crippen LogP contribution in [0.15, 0.2) is 0 Å². The summed E-state index contributed by atoms with van der Waals surface area (Å²) in [6, 6.07) is 0.